The van der Waals surface area contributed by atoms with Crippen LogP contribution in [0.4, 0.5) is 18.9 Å². The zero-order valence-corrected chi connectivity index (χ0v) is 16.9. The van der Waals surface area contributed by atoms with Gasteiger partial charge in [-0.1, -0.05) is 18.2 Å². The van der Waals surface area contributed by atoms with Crippen molar-refractivity contribution in [3.63, 3.8) is 0 Å². The van der Waals surface area contributed by atoms with Crippen molar-refractivity contribution in [2.45, 2.75) is 12.8 Å². The summed E-state index contributed by atoms with van der Waals surface area (Å²) >= 11 is 0. The summed E-state index contributed by atoms with van der Waals surface area (Å²) in [4.78, 5) is 11.1. The number of methoxy groups -OCH3 is 1. The van der Waals surface area contributed by atoms with Crippen molar-refractivity contribution in [3.8, 4) is 11.5 Å². The maximum atomic E-state index is 12.7. The Labute approximate surface area is 181 Å². The molecule has 0 radical (unpaired) electrons. The van der Waals surface area contributed by atoms with E-state index in [1.807, 2.05) is 0 Å². The second-order valence-electron chi connectivity index (χ2n) is 6.62. The van der Waals surface area contributed by atoms with Crippen LogP contribution in [0.5, 0.6) is 11.5 Å². The van der Waals surface area contributed by atoms with Crippen LogP contribution >= 0.6 is 0 Å². The molecule has 3 aromatic rings. The Kier molecular flexibility index (Phi) is 6.99. The molecule has 0 aliphatic rings. The molecule has 32 heavy (non-hydrogen) atoms. The van der Waals surface area contributed by atoms with Gasteiger partial charge in [-0.05, 0) is 54.1 Å². The highest BCUT2D eigenvalue weighted by molar-refractivity contribution is 5.87. The van der Waals surface area contributed by atoms with E-state index in [2.05, 4.69) is 10.5 Å². The number of hydrazone groups is 1. The van der Waals surface area contributed by atoms with Crippen molar-refractivity contribution in [1.82, 2.24) is 0 Å². The summed E-state index contributed by atoms with van der Waals surface area (Å²) in [6.07, 6.45) is -2.96. The molecular weight excluding hydrogens is 425 g/mol. The van der Waals surface area contributed by atoms with Gasteiger partial charge in [-0.25, -0.2) is 4.79 Å². The second-order valence-corrected chi connectivity index (χ2v) is 6.62. The van der Waals surface area contributed by atoms with E-state index >= 15 is 0 Å². The lowest BCUT2D eigenvalue weighted by Crippen LogP contribution is -2.04. The van der Waals surface area contributed by atoms with Gasteiger partial charge in [-0.3, -0.25) is 5.43 Å². The lowest BCUT2D eigenvalue weighted by Gasteiger charge is -2.13. The molecule has 0 bridgehead atoms. The van der Waals surface area contributed by atoms with Gasteiger partial charge in [0.15, 0.2) is 11.5 Å². The molecule has 2 N–H and O–H groups in total. The highest BCUT2D eigenvalue weighted by Gasteiger charge is 2.29. The smallest absolute Gasteiger partial charge is 0.416 e. The van der Waals surface area contributed by atoms with Crippen molar-refractivity contribution in [1.29, 1.82) is 0 Å². The van der Waals surface area contributed by atoms with Crippen LogP contribution in [0.2, 0.25) is 0 Å². The average molecular weight is 444 g/mol. The molecule has 3 aromatic carbocycles. The van der Waals surface area contributed by atoms with Crippen LogP contribution in [-0.4, -0.2) is 24.4 Å². The third-order valence-electron chi connectivity index (χ3n) is 4.40. The van der Waals surface area contributed by atoms with Crippen LogP contribution in [0, 0.1) is 0 Å². The van der Waals surface area contributed by atoms with Crippen molar-refractivity contribution in [2.75, 3.05) is 12.5 Å². The molecule has 0 aliphatic carbocycles. The number of rotatable bonds is 8. The van der Waals surface area contributed by atoms with E-state index in [-0.39, 0.29) is 12.2 Å². The molecule has 0 unspecified atom stereocenters. The summed E-state index contributed by atoms with van der Waals surface area (Å²) in [5.74, 6) is -0.210. The number of carbonyl (C=O) groups is 1. The first-order valence-electron chi connectivity index (χ1n) is 9.36. The van der Waals surface area contributed by atoms with Crippen LogP contribution in [0.3, 0.4) is 0 Å². The molecule has 0 spiro atoms. The Morgan fingerprint density at radius 3 is 2.47 bits per heavy atom. The fraction of sp³-hybridized carbons (Fsp3) is 0.130. The molecule has 9 heteroatoms. The number of nitrogens with zero attached hydrogens (tertiary/aromatic N) is 1. The molecule has 0 heterocycles. The molecule has 0 saturated heterocycles. The number of anilines is 1. The maximum absolute atomic E-state index is 12.7. The monoisotopic (exact) mass is 444 g/mol. The first kappa shape index (κ1) is 22.7. The summed E-state index contributed by atoms with van der Waals surface area (Å²) in [5.41, 5.74) is 3.66. The van der Waals surface area contributed by atoms with Gasteiger partial charge in [0.05, 0.1) is 30.1 Å². The minimum Gasteiger partial charge on any atom is -0.493 e. The van der Waals surface area contributed by atoms with Gasteiger partial charge in [0.2, 0.25) is 0 Å². The number of carboxylic acids is 1. The van der Waals surface area contributed by atoms with Crippen LogP contribution in [0.25, 0.3) is 0 Å². The lowest BCUT2D eigenvalue weighted by molar-refractivity contribution is -0.137. The minimum atomic E-state index is -4.40. The fourth-order valence-corrected chi connectivity index (χ4v) is 2.81. The van der Waals surface area contributed by atoms with E-state index in [1.165, 1.54) is 37.6 Å². The van der Waals surface area contributed by atoms with E-state index in [0.717, 1.165) is 12.1 Å². The minimum absolute atomic E-state index is 0.0919. The predicted molar refractivity (Wildman–Crippen MR) is 113 cm³/mol. The number of alkyl halides is 3. The summed E-state index contributed by atoms with van der Waals surface area (Å²) in [6.45, 7) is 0.0919. The average Bonchev–Trinajstić information content (AvgIpc) is 2.78. The quantitative estimate of drug-likeness (QED) is 0.357. The van der Waals surface area contributed by atoms with Gasteiger partial charge in [-0.15, -0.1) is 0 Å². The number of benzene rings is 3. The Bertz CT molecular complexity index is 1110. The van der Waals surface area contributed by atoms with Gasteiger partial charge in [0.25, 0.3) is 0 Å². The van der Waals surface area contributed by atoms with Crippen molar-refractivity contribution in [2.24, 2.45) is 5.10 Å². The van der Waals surface area contributed by atoms with Gasteiger partial charge < -0.3 is 14.6 Å². The number of hydrogen-bond acceptors (Lipinski definition) is 5. The molecule has 0 saturated carbocycles. The van der Waals surface area contributed by atoms with Crippen LogP contribution < -0.4 is 14.9 Å². The van der Waals surface area contributed by atoms with Crippen molar-refractivity contribution in [3.05, 3.63) is 89.0 Å². The topological polar surface area (TPSA) is 80.1 Å². The zero-order valence-electron chi connectivity index (χ0n) is 16.9. The Morgan fingerprint density at radius 1 is 1.09 bits per heavy atom. The van der Waals surface area contributed by atoms with Gasteiger partial charge >= 0.3 is 12.1 Å². The third kappa shape index (κ3) is 5.78. The van der Waals surface area contributed by atoms with E-state index in [4.69, 9.17) is 14.6 Å². The number of ether oxygens (including phenoxy) is 2. The maximum Gasteiger partial charge on any atom is 0.416 e. The summed E-state index contributed by atoms with van der Waals surface area (Å²) < 4.78 is 49.2. The highest BCUT2D eigenvalue weighted by Crippen LogP contribution is 2.31. The standard InChI is InChI=1S/C23H19F3N2O4/c1-31-20-7-3-6-17(13-27-28-19-10-8-18(9-11-19)23(24,25)26)21(20)32-14-15-4-2-5-16(12-15)22(29)30/h2-13,28H,14H2,1H3,(H,29,30)/b27-13+. The SMILES string of the molecule is COc1cccc(/C=N/Nc2ccc(C(F)(F)F)cc2)c1OCc1cccc(C(=O)O)c1. The Morgan fingerprint density at radius 2 is 1.81 bits per heavy atom. The molecule has 0 aliphatic heterocycles. The Balaban J connectivity index is 1.74. The number of carboxylic acid groups (broad SMARTS) is 1. The molecule has 0 aromatic heterocycles. The van der Waals surface area contributed by atoms with E-state index < -0.39 is 17.7 Å². The first-order valence-corrected chi connectivity index (χ1v) is 9.36. The first-order chi connectivity index (χ1) is 15.3. The van der Waals surface area contributed by atoms with E-state index in [1.54, 1.807) is 30.3 Å². The van der Waals surface area contributed by atoms with Crippen molar-refractivity contribution >= 4 is 17.9 Å². The summed E-state index contributed by atoms with van der Waals surface area (Å²) in [7, 11) is 1.48. The summed E-state index contributed by atoms with van der Waals surface area (Å²) in [5, 5.41) is 13.2. The van der Waals surface area contributed by atoms with Gasteiger partial charge in [0.1, 0.15) is 6.61 Å². The number of para-hydroxylation sites is 1. The number of aromatic carboxylic acids is 1. The van der Waals surface area contributed by atoms with Crippen LogP contribution in [0.1, 0.15) is 27.0 Å². The highest BCUT2D eigenvalue weighted by atomic mass is 19.4. The third-order valence-corrected chi connectivity index (χ3v) is 4.40. The molecule has 6 nitrogen and oxygen atoms in total. The van der Waals surface area contributed by atoms with Crippen LogP contribution in [-0.2, 0) is 12.8 Å². The normalized spacial score (nSPS) is 11.4. The zero-order chi connectivity index (χ0) is 23.1. The van der Waals surface area contributed by atoms with Gasteiger partial charge in [0, 0.05) is 5.56 Å². The van der Waals surface area contributed by atoms with E-state index in [0.29, 0.717) is 28.3 Å². The molecule has 0 fully saturated rings. The largest absolute Gasteiger partial charge is 0.493 e. The molecular formula is C23H19F3N2O4. The molecule has 166 valence electrons. The second kappa shape index (κ2) is 9.86. The number of nitrogens with one attached hydrogen (secondary N) is 1. The predicted octanol–water partition coefficient (Wildman–Crippen LogP) is 5.44. The van der Waals surface area contributed by atoms with E-state index in [9.17, 15) is 18.0 Å². The molecule has 0 amide bonds. The molecule has 0 atom stereocenters. The Hall–Kier alpha value is -4.01. The van der Waals surface area contributed by atoms with Crippen molar-refractivity contribution < 1.29 is 32.5 Å². The van der Waals surface area contributed by atoms with Crippen LogP contribution in [0.15, 0.2) is 71.8 Å². The number of hydrogen-bond donors (Lipinski definition) is 2. The lowest BCUT2D eigenvalue weighted by atomic mass is 10.1. The fourth-order valence-electron chi connectivity index (χ4n) is 2.81. The molecule has 3 rings (SSSR count). The van der Waals surface area contributed by atoms with Gasteiger partial charge in [-0.2, -0.15) is 18.3 Å². The number of halogens is 3. The summed E-state index contributed by atoms with van der Waals surface area (Å²) in [6, 6.07) is 16.0.